The Bertz CT molecular complexity index is 418. The minimum absolute atomic E-state index is 0.440. The van der Waals surface area contributed by atoms with Crippen LogP contribution in [0.15, 0.2) is 18.3 Å². The van der Waals surface area contributed by atoms with E-state index in [0.717, 1.165) is 12.1 Å². The molecule has 0 spiro atoms. The van der Waals surface area contributed by atoms with Gasteiger partial charge in [0.25, 0.3) is 0 Å². The number of rotatable bonds is 5. The fourth-order valence-electron chi connectivity index (χ4n) is 2.38. The molecule has 0 bridgehead atoms. The molecule has 2 heterocycles. The molecule has 1 aromatic heterocycles. The SMILES string of the molecule is CC(CN1CCCC1)NCc1cccnc1C#N. The third kappa shape index (κ3) is 3.52. The largest absolute Gasteiger partial charge is 0.309 e. The molecule has 1 aliphatic heterocycles. The third-order valence-electron chi connectivity index (χ3n) is 3.37. The van der Waals surface area contributed by atoms with Crippen LogP contribution >= 0.6 is 0 Å². The molecule has 18 heavy (non-hydrogen) atoms. The van der Waals surface area contributed by atoms with Crippen molar-refractivity contribution in [2.45, 2.75) is 32.4 Å². The summed E-state index contributed by atoms with van der Waals surface area (Å²) < 4.78 is 0. The highest BCUT2D eigenvalue weighted by Crippen LogP contribution is 2.08. The Kier molecular flexibility index (Phi) is 4.68. The maximum atomic E-state index is 8.96. The van der Waals surface area contributed by atoms with E-state index in [0.29, 0.717) is 18.3 Å². The van der Waals surface area contributed by atoms with Gasteiger partial charge in [-0.25, -0.2) is 4.98 Å². The van der Waals surface area contributed by atoms with Crippen LogP contribution in [0.2, 0.25) is 0 Å². The summed E-state index contributed by atoms with van der Waals surface area (Å²) >= 11 is 0. The van der Waals surface area contributed by atoms with Gasteiger partial charge in [-0.3, -0.25) is 0 Å². The highest BCUT2D eigenvalue weighted by atomic mass is 15.2. The van der Waals surface area contributed by atoms with Crippen molar-refractivity contribution in [3.63, 3.8) is 0 Å². The van der Waals surface area contributed by atoms with Gasteiger partial charge < -0.3 is 10.2 Å². The zero-order valence-corrected chi connectivity index (χ0v) is 10.9. The van der Waals surface area contributed by atoms with Crippen molar-refractivity contribution in [1.82, 2.24) is 15.2 Å². The molecular weight excluding hydrogens is 224 g/mol. The topological polar surface area (TPSA) is 52.0 Å². The van der Waals surface area contributed by atoms with Crippen LogP contribution in [0.5, 0.6) is 0 Å². The van der Waals surface area contributed by atoms with Gasteiger partial charge in [0.15, 0.2) is 0 Å². The summed E-state index contributed by atoms with van der Waals surface area (Å²) in [5.74, 6) is 0. The Labute approximate surface area is 109 Å². The third-order valence-corrected chi connectivity index (χ3v) is 3.37. The fraction of sp³-hybridized carbons (Fsp3) is 0.571. The summed E-state index contributed by atoms with van der Waals surface area (Å²) in [5, 5.41) is 12.4. The van der Waals surface area contributed by atoms with Crippen LogP contribution in [0.1, 0.15) is 31.0 Å². The highest BCUT2D eigenvalue weighted by molar-refractivity contribution is 5.30. The van der Waals surface area contributed by atoms with Crippen molar-refractivity contribution in [1.29, 1.82) is 5.26 Å². The first-order chi connectivity index (χ1) is 8.79. The standard InChI is InChI=1S/C14H20N4/c1-12(11-18-7-2-3-8-18)17-10-13-5-4-6-16-14(13)9-15/h4-6,12,17H,2-3,7-8,10-11H2,1H3. The van der Waals surface area contributed by atoms with E-state index >= 15 is 0 Å². The fourth-order valence-corrected chi connectivity index (χ4v) is 2.38. The number of pyridine rings is 1. The number of nitrogens with one attached hydrogen (secondary N) is 1. The maximum Gasteiger partial charge on any atom is 0.144 e. The van der Waals surface area contributed by atoms with Gasteiger partial charge in [-0.2, -0.15) is 5.26 Å². The summed E-state index contributed by atoms with van der Waals surface area (Å²) in [6.07, 6.45) is 4.32. The molecule has 1 aromatic rings. The van der Waals surface area contributed by atoms with Gasteiger partial charge in [0, 0.05) is 30.9 Å². The number of nitrogens with zero attached hydrogens (tertiary/aromatic N) is 3. The van der Waals surface area contributed by atoms with Crippen molar-refractivity contribution in [3.8, 4) is 6.07 Å². The number of likely N-dealkylation sites (tertiary alicyclic amines) is 1. The zero-order valence-electron chi connectivity index (χ0n) is 10.9. The molecule has 1 N–H and O–H groups in total. The lowest BCUT2D eigenvalue weighted by Crippen LogP contribution is -2.37. The smallest absolute Gasteiger partial charge is 0.144 e. The second kappa shape index (κ2) is 6.48. The van der Waals surface area contributed by atoms with Crippen molar-refractivity contribution >= 4 is 0 Å². The van der Waals surface area contributed by atoms with Gasteiger partial charge in [0.05, 0.1) is 0 Å². The first-order valence-electron chi connectivity index (χ1n) is 6.59. The summed E-state index contributed by atoms with van der Waals surface area (Å²) in [5.41, 5.74) is 1.51. The van der Waals surface area contributed by atoms with Crippen molar-refractivity contribution in [2.75, 3.05) is 19.6 Å². The molecule has 1 atom stereocenters. The molecule has 0 aliphatic carbocycles. The molecule has 4 heteroatoms. The Morgan fingerprint density at radius 3 is 3.00 bits per heavy atom. The molecule has 1 aliphatic rings. The van der Waals surface area contributed by atoms with Crippen LogP contribution in [-0.2, 0) is 6.54 Å². The second-order valence-corrected chi connectivity index (χ2v) is 4.91. The van der Waals surface area contributed by atoms with Gasteiger partial charge in [-0.15, -0.1) is 0 Å². The van der Waals surface area contributed by atoms with E-state index in [-0.39, 0.29) is 0 Å². The van der Waals surface area contributed by atoms with Crippen LogP contribution in [0.25, 0.3) is 0 Å². The number of aromatic nitrogens is 1. The highest BCUT2D eigenvalue weighted by Gasteiger charge is 2.14. The molecular formula is C14H20N4. The molecule has 1 unspecified atom stereocenters. The van der Waals surface area contributed by atoms with E-state index in [2.05, 4.69) is 28.2 Å². The Balaban J connectivity index is 1.81. The minimum Gasteiger partial charge on any atom is -0.309 e. The summed E-state index contributed by atoms with van der Waals surface area (Å²) in [4.78, 5) is 6.56. The predicted molar refractivity (Wildman–Crippen MR) is 70.9 cm³/mol. The maximum absolute atomic E-state index is 8.96. The zero-order chi connectivity index (χ0) is 12.8. The monoisotopic (exact) mass is 244 g/mol. The van der Waals surface area contributed by atoms with Crippen LogP contribution in [0.3, 0.4) is 0 Å². The van der Waals surface area contributed by atoms with E-state index in [4.69, 9.17) is 5.26 Å². The van der Waals surface area contributed by atoms with Gasteiger partial charge in [0.2, 0.25) is 0 Å². The van der Waals surface area contributed by atoms with E-state index in [1.165, 1.54) is 25.9 Å². The van der Waals surface area contributed by atoms with Gasteiger partial charge in [-0.05, 0) is 38.9 Å². The number of hydrogen-bond acceptors (Lipinski definition) is 4. The van der Waals surface area contributed by atoms with Crippen molar-refractivity contribution in [2.24, 2.45) is 0 Å². The molecule has 0 amide bonds. The molecule has 0 saturated carbocycles. The number of hydrogen-bond donors (Lipinski definition) is 1. The molecule has 0 aromatic carbocycles. The molecule has 0 radical (unpaired) electrons. The van der Waals surface area contributed by atoms with Crippen LogP contribution in [0, 0.1) is 11.3 Å². The Morgan fingerprint density at radius 2 is 2.28 bits per heavy atom. The lowest BCUT2D eigenvalue weighted by Gasteiger charge is -2.21. The summed E-state index contributed by atoms with van der Waals surface area (Å²) in [6, 6.07) is 6.41. The predicted octanol–water partition coefficient (Wildman–Crippen LogP) is 1.53. The molecule has 1 saturated heterocycles. The van der Waals surface area contributed by atoms with E-state index < -0.39 is 0 Å². The van der Waals surface area contributed by atoms with Crippen molar-refractivity contribution in [3.05, 3.63) is 29.6 Å². The first kappa shape index (κ1) is 13.0. The van der Waals surface area contributed by atoms with E-state index in [1.54, 1.807) is 6.20 Å². The minimum atomic E-state index is 0.440. The average Bonchev–Trinajstić information content (AvgIpc) is 2.89. The van der Waals surface area contributed by atoms with Crippen LogP contribution in [0.4, 0.5) is 0 Å². The second-order valence-electron chi connectivity index (χ2n) is 4.91. The number of nitriles is 1. The van der Waals surface area contributed by atoms with E-state index in [1.807, 2.05) is 12.1 Å². The van der Waals surface area contributed by atoms with Gasteiger partial charge in [-0.1, -0.05) is 6.07 Å². The molecule has 1 fully saturated rings. The molecule has 2 rings (SSSR count). The lowest BCUT2D eigenvalue weighted by molar-refractivity contribution is 0.298. The average molecular weight is 244 g/mol. The quantitative estimate of drug-likeness (QED) is 0.853. The Hall–Kier alpha value is -1.44. The molecule has 96 valence electrons. The lowest BCUT2D eigenvalue weighted by atomic mass is 10.2. The summed E-state index contributed by atoms with van der Waals surface area (Å²) in [7, 11) is 0. The van der Waals surface area contributed by atoms with Crippen molar-refractivity contribution < 1.29 is 0 Å². The van der Waals surface area contributed by atoms with Gasteiger partial charge in [0.1, 0.15) is 11.8 Å². The van der Waals surface area contributed by atoms with Gasteiger partial charge >= 0.3 is 0 Å². The van der Waals surface area contributed by atoms with Crippen LogP contribution < -0.4 is 5.32 Å². The Morgan fingerprint density at radius 1 is 1.50 bits per heavy atom. The normalized spacial score (nSPS) is 17.6. The van der Waals surface area contributed by atoms with Crippen LogP contribution in [-0.4, -0.2) is 35.6 Å². The summed E-state index contributed by atoms with van der Waals surface area (Å²) in [6.45, 7) is 6.44. The van der Waals surface area contributed by atoms with E-state index in [9.17, 15) is 0 Å². The molecule has 4 nitrogen and oxygen atoms in total. The first-order valence-corrected chi connectivity index (χ1v) is 6.59.